The smallest absolute Gasteiger partial charge is 0.236 e. The highest BCUT2D eigenvalue weighted by molar-refractivity contribution is 8.14. The van der Waals surface area contributed by atoms with Gasteiger partial charge in [0.25, 0.3) is 0 Å². The van der Waals surface area contributed by atoms with E-state index >= 15 is 0 Å². The van der Waals surface area contributed by atoms with Crippen molar-refractivity contribution in [2.24, 2.45) is 0 Å². The van der Waals surface area contributed by atoms with Gasteiger partial charge in [0.2, 0.25) is 5.88 Å². The summed E-state index contributed by atoms with van der Waals surface area (Å²) in [6.07, 6.45) is 8.02. The summed E-state index contributed by atoms with van der Waals surface area (Å²) in [5.41, 5.74) is 4.65. The lowest BCUT2D eigenvalue weighted by Gasteiger charge is -2.37. The van der Waals surface area contributed by atoms with Crippen molar-refractivity contribution in [3.05, 3.63) is 42.4 Å². The fourth-order valence-electron chi connectivity index (χ4n) is 3.91. The van der Waals surface area contributed by atoms with Crippen LogP contribution >= 0.6 is 23.9 Å². The van der Waals surface area contributed by atoms with E-state index in [2.05, 4.69) is 55.4 Å². The molecule has 1 aromatic carbocycles. The molecule has 148 valence electrons. The maximum absolute atomic E-state index is 6.26. The average molecular weight is 416 g/mol. The van der Waals surface area contributed by atoms with E-state index in [9.17, 15) is 0 Å². The van der Waals surface area contributed by atoms with Crippen LogP contribution in [0.15, 0.2) is 46.5 Å². The SMILES string of the molecule is CN1CCC(c2nccnc2OC2CC(NN3Sc4ccccc4S3)C2)CC1. The minimum Gasteiger partial charge on any atom is -0.473 e. The van der Waals surface area contributed by atoms with Crippen LogP contribution in [0.4, 0.5) is 0 Å². The summed E-state index contributed by atoms with van der Waals surface area (Å²) in [4.78, 5) is 14.1. The number of rotatable bonds is 5. The zero-order valence-electron chi connectivity index (χ0n) is 16.0. The number of aromatic nitrogens is 2. The van der Waals surface area contributed by atoms with E-state index in [1.165, 1.54) is 9.79 Å². The third-order valence-electron chi connectivity index (χ3n) is 5.67. The minimum absolute atomic E-state index is 0.221. The Balaban J connectivity index is 1.13. The van der Waals surface area contributed by atoms with Crippen molar-refractivity contribution in [2.45, 2.75) is 53.5 Å². The summed E-state index contributed by atoms with van der Waals surface area (Å²) in [6, 6.07) is 8.96. The van der Waals surface area contributed by atoms with Crippen LogP contribution in [0.3, 0.4) is 0 Å². The molecule has 0 radical (unpaired) electrons. The van der Waals surface area contributed by atoms with Crippen molar-refractivity contribution < 1.29 is 4.74 Å². The molecule has 8 heteroatoms. The molecular formula is C20H25N5OS2. The Morgan fingerprint density at radius 1 is 1.04 bits per heavy atom. The number of benzene rings is 1. The number of ether oxygens (including phenoxy) is 1. The van der Waals surface area contributed by atoms with Crippen LogP contribution in [0.2, 0.25) is 0 Å². The van der Waals surface area contributed by atoms with Gasteiger partial charge in [0.1, 0.15) is 11.8 Å². The zero-order chi connectivity index (χ0) is 18.9. The summed E-state index contributed by atoms with van der Waals surface area (Å²) in [5.74, 6) is 1.21. The highest BCUT2D eigenvalue weighted by Crippen LogP contribution is 2.45. The first-order valence-electron chi connectivity index (χ1n) is 9.92. The Kier molecular flexibility index (Phi) is 5.47. The predicted molar refractivity (Wildman–Crippen MR) is 112 cm³/mol. The Hall–Kier alpha value is -1.32. The summed E-state index contributed by atoms with van der Waals surface area (Å²) in [7, 11) is 2.18. The molecule has 3 aliphatic rings. The van der Waals surface area contributed by atoms with E-state index < -0.39 is 0 Å². The van der Waals surface area contributed by atoms with Gasteiger partial charge in [-0.3, -0.25) is 4.98 Å². The van der Waals surface area contributed by atoms with Crippen molar-refractivity contribution >= 4 is 23.9 Å². The molecule has 3 heterocycles. The van der Waals surface area contributed by atoms with Crippen LogP contribution in [0.5, 0.6) is 5.88 Å². The Morgan fingerprint density at radius 2 is 1.71 bits per heavy atom. The third kappa shape index (κ3) is 4.02. The van der Waals surface area contributed by atoms with Gasteiger partial charge in [0, 0.05) is 47.0 Å². The summed E-state index contributed by atoms with van der Waals surface area (Å²) in [5, 5.41) is 0. The van der Waals surface area contributed by atoms with Gasteiger partial charge in [-0.25, -0.2) is 10.4 Å². The maximum Gasteiger partial charge on any atom is 0.236 e. The molecule has 0 atom stereocenters. The quantitative estimate of drug-likeness (QED) is 0.742. The number of hydrazine groups is 1. The molecule has 2 fully saturated rings. The fraction of sp³-hybridized carbons (Fsp3) is 0.500. The number of hydrogen-bond donors (Lipinski definition) is 1. The van der Waals surface area contributed by atoms with Gasteiger partial charge in [0.15, 0.2) is 0 Å². The first-order chi connectivity index (χ1) is 13.7. The molecule has 1 saturated heterocycles. The first kappa shape index (κ1) is 18.7. The van der Waals surface area contributed by atoms with Crippen LogP contribution in [0, 0.1) is 0 Å². The number of hydrogen-bond acceptors (Lipinski definition) is 8. The van der Waals surface area contributed by atoms with Crippen molar-refractivity contribution in [2.75, 3.05) is 20.1 Å². The molecule has 0 spiro atoms. The summed E-state index contributed by atoms with van der Waals surface area (Å²) >= 11 is 3.52. The van der Waals surface area contributed by atoms with Crippen molar-refractivity contribution in [3.8, 4) is 5.88 Å². The minimum atomic E-state index is 0.221. The van der Waals surface area contributed by atoms with E-state index in [0.29, 0.717) is 12.0 Å². The van der Waals surface area contributed by atoms with Crippen LogP contribution in [0.1, 0.15) is 37.3 Å². The second-order valence-corrected chi connectivity index (χ2v) is 9.95. The molecule has 2 aliphatic heterocycles. The monoisotopic (exact) mass is 415 g/mol. The van der Waals surface area contributed by atoms with Crippen LogP contribution in [-0.4, -0.2) is 51.0 Å². The van der Waals surface area contributed by atoms with Gasteiger partial charge in [-0.2, -0.15) is 0 Å². The van der Waals surface area contributed by atoms with E-state index in [1.807, 2.05) is 0 Å². The number of nitrogens with one attached hydrogen (secondary N) is 1. The predicted octanol–water partition coefficient (Wildman–Crippen LogP) is 3.73. The van der Waals surface area contributed by atoms with Gasteiger partial charge >= 0.3 is 0 Å². The lowest BCUT2D eigenvalue weighted by atomic mass is 9.89. The zero-order valence-corrected chi connectivity index (χ0v) is 17.6. The molecule has 1 aliphatic carbocycles. The van der Waals surface area contributed by atoms with Gasteiger partial charge in [-0.05, 0) is 69.0 Å². The molecule has 5 rings (SSSR count). The molecule has 2 aromatic rings. The lowest BCUT2D eigenvalue weighted by molar-refractivity contribution is 0.0684. The van der Waals surface area contributed by atoms with E-state index in [1.54, 1.807) is 36.3 Å². The van der Waals surface area contributed by atoms with Gasteiger partial charge < -0.3 is 9.64 Å². The van der Waals surface area contributed by atoms with E-state index in [4.69, 9.17) is 4.74 Å². The highest BCUT2D eigenvalue weighted by Gasteiger charge is 2.35. The maximum atomic E-state index is 6.26. The Labute approximate surface area is 174 Å². The Bertz CT molecular complexity index is 799. The largest absolute Gasteiger partial charge is 0.473 e. The van der Waals surface area contributed by atoms with Crippen molar-refractivity contribution in [1.82, 2.24) is 24.1 Å². The van der Waals surface area contributed by atoms with Gasteiger partial charge in [-0.1, -0.05) is 12.1 Å². The summed E-state index contributed by atoms with van der Waals surface area (Å²) < 4.78 is 8.42. The normalized spacial score (nSPS) is 26.0. The fourth-order valence-corrected chi connectivity index (χ4v) is 6.12. The molecule has 1 N–H and O–H groups in total. The number of piperidine rings is 1. The molecule has 0 unspecified atom stereocenters. The second-order valence-electron chi connectivity index (χ2n) is 7.75. The van der Waals surface area contributed by atoms with Crippen molar-refractivity contribution in [1.29, 1.82) is 0 Å². The summed E-state index contributed by atoms with van der Waals surface area (Å²) in [6.45, 7) is 2.23. The molecule has 28 heavy (non-hydrogen) atoms. The van der Waals surface area contributed by atoms with Crippen molar-refractivity contribution in [3.63, 3.8) is 0 Å². The highest BCUT2D eigenvalue weighted by atomic mass is 32.2. The van der Waals surface area contributed by atoms with Gasteiger partial charge in [0.05, 0.1) is 0 Å². The van der Waals surface area contributed by atoms with Crippen LogP contribution in [-0.2, 0) is 0 Å². The molecule has 0 bridgehead atoms. The average Bonchev–Trinajstić information content (AvgIpc) is 3.10. The van der Waals surface area contributed by atoms with Crippen LogP contribution < -0.4 is 10.2 Å². The second kappa shape index (κ2) is 8.20. The molecular weight excluding hydrogens is 390 g/mol. The number of fused-ring (bicyclic) bond motifs is 1. The molecule has 0 amide bonds. The lowest BCUT2D eigenvalue weighted by Crippen LogP contribution is -2.49. The van der Waals surface area contributed by atoms with Crippen LogP contribution in [0.25, 0.3) is 0 Å². The molecule has 6 nitrogen and oxygen atoms in total. The Morgan fingerprint density at radius 3 is 2.43 bits per heavy atom. The van der Waals surface area contributed by atoms with E-state index in [0.717, 1.165) is 50.3 Å². The number of nitrogens with zero attached hydrogens (tertiary/aromatic N) is 4. The topological polar surface area (TPSA) is 53.5 Å². The first-order valence-corrected chi connectivity index (χ1v) is 11.5. The van der Waals surface area contributed by atoms with Gasteiger partial charge in [-0.15, -0.1) is 3.82 Å². The van der Waals surface area contributed by atoms with E-state index in [-0.39, 0.29) is 6.10 Å². The molecule has 1 saturated carbocycles. The standard InChI is InChI=1S/C20H25N5OS2/c1-24-10-6-14(7-11-24)19-20(22-9-8-21-19)26-16-12-15(13-16)23-25-27-17-4-2-3-5-18(17)28-25/h2-5,8-9,14-16,23H,6-7,10-13H2,1H3. The molecule has 1 aromatic heterocycles. The number of likely N-dealkylation sites (tertiary alicyclic amines) is 1. The third-order valence-corrected chi connectivity index (χ3v) is 7.89.